The minimum atomic E-state index is 0.792. The van der Waals surface area contributed by atoms with Crippen molar-refractivity contribution in [2.45, 2.75) is 58.2 Å². The van der Waals surface area contributed by atoms with E-state index in [1.807, 2.05) is 0 Å². The minimum absolute atomic E-state index is 0.792. The zero-order chi connectivity index (χ0) is 13.5. The second-order valence-electron chi connectivity index (χ2n) is 5.92. The smallest absolute Gasteiger partial charge is 0.0230 e. The molecule has 2 heteroatoms. The van der Waals surface area contributed by atoms with Gasteiger partial charge in [-0.15, -0.1) is 0 Å². The summed E-state index contributed by atoms with van der Waals surface area (Å²) in [7, 11) is 2.23. The van der Waals surface area contributed by atoms with Gasteiger partial charge in [-0.1, -0.05) is 44.0 Å². The lowest BCUT2D eigenvalue weighted by Crippen LogP contribution is -2.19. The first-order chi connectivity index (χ1) is 9.28. The summed E-state index contributed by atoms with van der Waals surface area (Å²) in [6, 6.07) is 9.82. The zero-order valence-electron chi connectivity index (χ0n) is 12.5. The van der Waals surface area contributed by atoms with Crippen LogP contribution in [-0.4, -0.2) is 24.5 Å². The van der Waals surface area contributed by atoms with E-state index in [1.54, 1.807) is 0 Å². The highest BCUT2D eigenvalue weighted by molar-refractivity contribution is 5.23. The first-order valence-electron chi connectivity index (χ1n) is 7.77. The van der Waals surface area contributed by atoms with Gasteiger partial charge in [0.25, 0.3) is 0 Å². The third-order valence-electron chi connectivity index (χ3n) is 3.76. The van der Waals surface area contributed by atoms with Gasteiger partial charge in [-0.25, -0.2) is 0 Å². The van der Waals surface area contributed by atoms with Crippen molar-refractivity contribution in [2.24, 2.45) is 0 Å². The minimum Gasteiger partial charge on any atom is -0.310 e. The molecule has 1 aromatic rings. The summed E-state index contributed by atoms with van der Waals surface area (Å²) in [6.07, 6.45) is 6.68. The number of nitrogens with zero attached hydrogens (tertiary/aromatic N) is 1. The van der Waals surface area contributed by atoms with Crippen molar-refractivity contribution < 1.29 is 0 Å². The molecule has 0 unspecified atom stereocenters. The lowest BCUT2D eigenvalue weighted by molar-refractivity contribution is 0.318. The molecule has 0 bridgehead atoms. The van der Waals surface area contributed by atoms with E-state index in [2.05, 4.69) is 48.5 Å². The van der Waals surface area contributed by atoms with Crippen LogP contribution in [0.1, 0.15) is 50.2 Å². The largest absolute Gasteiger partial charge is 0.310 e. The number of benzene rings is 1. The van der Waals surface area contributed by atoms with E-state index in [0.717, 1.165) is 19.1 Å². The van der Waals surface area contributed by atoms with Crippen molar-refractivity contribution in [3.8, 4) is 0 Å². The van der Waals surface area contributed by atoms with Crippen molar-refractivity contribution in [3.63, 3.8) is 0 Å². The topological polar surface area (TPSA) is 15.3 Å². The van der Waals surface area contributed by atoms with Crippen LogP contribution in [-0.2, 0) is 13.1 Å². The molecular weight excluding hydrogens is 232 g/mol. The number of unbranched alkanes of at least 4 members (excludes halogenated alkanes) is 2. The van der Waals surface area contributed by atoms with Gasteiger partial charge in [0.05, 0.1) is 0 Å². The monoisotopic (exact) mass is 260 g/mol. The molecule has 1 fully saturated rings. The van der Waals surface area contributed by atoms with Crippen molar-refractivity contribution in [2.75, 3.05) is 13.6 Å². The Balaban J connectivity index is 1.76. The first-order valence-corrected chi connectivity index (χ1v) is 7.77. The summed E-state index contributed by atoms with van der Waals surface area (Å²) in [5, 5.41) is 3.58. The highest BCUT2D eigenvalue weighted by Gasteiger charge is 2.19. The fourth-order valence-electron chi connectivity index (χ4n) is 2.41. The van der Waals surface area contributed by atoms with Crippen LogP contribution in [0.15, 0.2) is 24.3 Å². The van der Waals surface area contributed by atoms with Crippen LogP contribution in [0.3, 0.4) is 0 Å². The van der Waals surface area contributed by atoms with Gasteiger partial charge in [0.2, 0.25) is 0 Å². The molecule has 0 radical (unpaired) electrons. The van der Waals surface area contributed by atoms with E-state index in [1.165, 1.54) is 49.8 Å². The number of nitrogens with one attached hydrogen (secondary N) is 1. The van der Waals surface area contributed by atoms with Crippen LogP contribution < -0.4 is 5.32 Å². The normalized spacial score (nSPS) is 15.1. The maximum Gasteiger partial charge on any atom is 0.0230 e. The summed E-state index contributed by atoms with van der Waals surface area (Å²) >= 11 is 0. The van der Waals surface area contributed by atoms with E-state index >= 15 is 0 Å². The van der Waals surface area contributed by atoms with Crippen LogP contribution in [0, 0.1) is 0 Å². The predicted octanol–water partition coefficient (Wildman–Crippen LogP) is 3.56. The molecule has 2 rings (SSSR count). The average molecular weight is 260 g/mol. The van der Waals surface area contributed by atoms with E-state index in [0.29, 0.717) is 0 Å². The summed E-state index contributed by atoms with van der Waals surface area (Å²) in [6.45, 7) is 5.56. The van der Waals surface area contributed by atoms with Gasteiger partial charge in [-0.3, -0.25) is 0 Å². The van der Waals surface area contributed by atoms with E-state index in [9.17, 15) is 0 Å². The Bertz CT molecular complexity index is 371. The highest BCUT2D eigenvalue weighted by Crippen LogP contribution is 2.19. The molecule has 0 aromatic heterocycles. The molecule has 0 atom stereocenters. The van der Waals surface area contributed by atoms with Crippen LogP contribution in [0.2, 0.25) is 0 Å². The summed E-state index contributed by atoms with van der Waals surface area (Å²) in [5.41, 5.74) is 2.86. The second-order valence-corrected chi connectivity index (χ2v) is 5.92. The van der Waals surface area contributed by atoms with Gasteiger partial charge in [0.15, 0.2) is 0 Å². The third-order valence-corrected chi connectivity index (χ3v) is 3.76. The average Bonchev–Trinajstić information content (AvgIpc) is 3.21. The Morgan fingerprint density at radius 2 is 2.00 bits per heavy atom. The van der Waals surface area contributed by atoms with Gasteiger partial charge < -0.3 is 10.2 Å². The third kappa shape index (κ3) is 5.75. The summed E-state index contributed by atoms with van der Waals surface area (Å²) < 4.78 is 0. The Kier molecular flexibility index (Phi) is 5.87. The van der Waals surface area contributed by atoms with E-state index in [4.69, 9.17) is 0 Å². The van der Waals surface area contributed by atoms with Crippen molar-refractivity contribution in [1.82, 2.24) is 10.2 Å². The van der Waals surface area contributed by atoms with E-state index in [-0.39, 0.29) is 0 Å². The Hall–Kier alpha value is -0.860. The lowest BCUT2D eigenvalue weighted by Gasteiger charge is -2.17. The van der Waals surface area contributed by atoms with Crippen molar-refractivity contribution >= 4 is 0 Å². The molecule has 19 heavy (non-hydrogen) atoms. The first kappa shape index (κ1) is 14.5. The van der Waals surface area contributed by atoms with Crippen LogP contribution >= 0.6 is 0 Å². The number of hydrogen-bond donors (Lipinski definition) is 1. The Morgan fingerprint density at radius 3 is 2.74 bits per heavy atom. The molecule has 1 aliphatic carbocycles. The van der Waals surface area contributed by atoms with Crippen molar-refractivity contribution in [1.29, 1.82) is 0 Å². The molecule has 1 aromatic carbocycles. The number of rotatable bonds is 9. The number of hydrogen-bond acceptors (Lipinski definition) is 2. The van der Waals surface area contributed by atoms with Gasteiger partial charge in [-0.2, -0.15) is 0 Å². The molecule has 1 N–H and O–H groups in total. The quantitative estimate of drug-likeness (QED) is 0.683. The zero-order valence-corrected chi connectivity index (χ0v) is 12.5. The fraction of sp³-hybridized carbons (Fsp3) is 0.647. The predicted molar refractivity (Wildman–Crippen MR) is 82.2 cm³/mol. The molecule has 0 aliphatic heterocycles. The maximum atomic E-state index is 3.58. The van der Waals surface area contributed by atoms with Gasteiger partial charge in [0.1, 0.15) is 0 Å². The van der Waals surface area contributed by atoms with Crippen LogP contribution in [0.25, 0.3) is 0 Å². The molecule has 1 saturated carbocycles. The fourth-order valence-corrected chi connectivity index (χ4v) is 2.41. The molecule has 0 amide bonds. The van der Waals surface area contributed by atoms with E-state index < -0.39 is 0 Å². The molecule has 1 aliphatic rings. The Morgan fingerprint density at radius 1 is 1.21 bits per heavy atom. The molecule has 0 saturated heterocycles. The summed E-state index contributed by atoms with van der Waals surface area (Å²) in [5.74, 6) is 0. The van der Waals surface area contributed by atoms with Crippen LogP contribution in [0.4, 0.5) is 0 Å². The second kappa shape index (κ2) is 7.66. The lowest BCUT2D eigenvalue weighted by atomic mass is 10.1. The van der Waals surface area contributed by atoms with Gasteiger partial charge in [0, 0.05) is 19.1 Å². The molecule has 2 nitrogen and oxygen atoms in total. The van der Waals surface area contributed by atoms with Gasteiger partial charge in [-0.05, 0) is 44.0 Å². The highest BCUT2D eigenvalue weighted by atomic mass is 15.1. The molecule has 0 spiro atoms. The maximum absolute atomic E-state index is 3.58. The van der Waals surface area contributed by atoms with Crippen LogP contribution in [0.5, 0.6) is 0 Å². The SMILES string of the molecule is CCCCCN(C)Cc1cccc(CNC2CC2)c1. The van der Waals surface area contributed by atoms with Crippen molar-refractivity contribution in [3.05, 3.63) is 35.4 Å². The summed E-state index contributed by atoms with van der Waals surface area (Å²) in [4.78, 5) is 2.43. The van der Waals surface area contributed by atoms with Gasteiger partial charge >= 0.3 is 0 Å². The molecule has 106 valence electrons. The molecule has 0 heterocycles. The Labute approximate surface area is 118 Å². The molecular formula is C17H28N2. The standard InChI is InChI=1S/C17H28N2/c1-3-4-5-11-19(2)14-16-8-6-7-15(12-16)13-18-17-9-10-17/h6-8,12,17-18H,3-5,9-11,13-14H2,1-2H3.